The first-order valence-corrected chi connectivity index (χ1v) is 9.54. The van der Waals surface area contributed by atoms with E-state index in [2.05, 4.69) is 39.1 Å². The molecule has 1 aliphatic carbocycles. The number of hydrogen-bond acceptors (Lipinski definition) is 5. The summed E-state index contributed by atoms with van der Waals surface area (Å²) in [7, 11) is 0. The van der Waals surface area contributed by atoms with Crippen molar-refractivity contribution in [2.24, 2.45) is 0 Å². The van der Waals surface area contributed by atoms with Crippen LogP contribution in [0.4, 0.5) is 5.95 Å². The van der Waals surface area contributed by atoms with Gasteiger partial charge in [0, 0.05) is 56.3 Å². The van der Waals surface area contributed by atoms with Crippen molar-refractivity contribution in [1.29, 1.82) is 0 Å². The quantitative estimate of drug-likeness (QED) is 0.841. The molecule has 2 heterocycles. The third kappa shape index (κ3) is 4.17. The van der Waals surface area contributed by atoms with Crippen LogP contribution in [0.3, 0.4) is 0 Å². The molecule has 0 radical (unpaired) electrons. The van der Waals surface area contributed by atoms with Gasteiger partial charge in [0.25, 0.3) is 0 Å². The van der Waals surface area contributed by atoms with Gasteiger partial charge in [0.15, 0.2) is 0 Å². The molecule has 2 aromatic rings. The Morgan fingerprint density at radius 3 is 2.44 bits per heavy atom. The Labute approximate surface area is 159 Å². The van der Waals surface area contributed by atoms with Gasteiger partial charge in [0.2, 0.25) is 11.9 Å². The first-order chi connectivity index (χ1) is 13.2. The lowest BCUT2D eigenvalue weighted by Gasteiger charge is -2.27. The Kier molecular flexibility index (Phi) is 5.16. The molecule has 1 aromatic carbocycles. The Morgan fingerprint density at radius 2 is 1.74 bits per heavy atom. The summed E-state index contributed by atoms with van der Waals surface area (Å²) in [6, 6.07) is 9.31. The van der Waals surface area contributed by atoms with E-state index in [4.69, 9.17) is 5.73 Å². The molecular weight excluding hydrogens is 338 g/mol. The average molecular weight is 363 g/mol. The van der Waals surface area contributed by atoms with Crippen LogP contribution in [0.1, 0.15) is 23.1 Å². The van der Waals surface area contributed by atoms with Crippen LogP contribution in [0.2, 0.25) is 0 Å². The van der Waals surface area contributed by atoms with E-state index in [9.17, 15) is 4.79 Å². The van der Waals surface area contributed by atoms with Crippen LogP contribution in [0, 0.1) is 0 Å². The van der Waals surface area contributed by atoms with E-state index in [0.29, 0.717) is 6.04 Å². The van der Waals surface area contributed by atoms with Gasteiger partial charge in [-0.05, 0) is 36.5 Å². The lowest BCUT2D eigenvalue weighted by molar-refractivity contribution is -0.125. The third-order valence-electron chi connectivity index (χ3n) is 5.50. The molecule has 1 aliphatic heterocycles. The highest BCUT2D eigenvalue weighted by atomic mass is 16.2. The van der Waals surface area contributed by atoms with Crippen LogP contribution in [0.5, 0.6) is 0 Å². The molecule has 1 fully saturated rings. The number of nitrogens with zero attached hydrogens (tertiary/aromatic N) is 4. The normalized spacial score (nSPS) is 18.6. The molecule has 0 bridgehead atoms. The lowest BCUT2D eigenvalue weighted by atomic mass is 10.1. The second-order valence-corrected chi connectivity index (χ2v) is 7.25. The molecule has 2 N–H and O–H groups in total. The maximum Gasteiger partial charge on any atom is 0.246 e. The van der Waals surface area contributed by atoms with Gasteiger partial charge in [-0.2, -0.15) is 0 Å². The Bertz CT molecular complexity index is 808. The minimum atomic E-state index is 0.0448. The molecule has 27 heavy (non-hydrogen) atoms. The van der Waals surface area contributed by atoms with Gasteiger partial charge in [-0.1, -0.05) is 24.3 Å². The predicted molar refractivity (Wildman–Crippen MR) is 106 cm³/mol. The highest BCUT2D eigenvalue weighted by Gasteiger charge is 2.28. The highest BCUT2D eigenvalue weighted by Crippen LogP contribution is 2.26. The molecule has 140 valence electrons. The number of nitrogens with two attached hydrogens (primary N) is 1. The average Bonchev–Trinajstić information content (AvgIpc) is 2.96. The smallest absolute Gasteiger partial charge is 0.246 e. The molecule has 6 nitrogen and oxygen atoms in total. The van der Waals surface area contributed by atoms with Crippen LogP contribution in [-0.4, -0.2) is 57.9 Å². The zero-order valence-corrected chi connectivity index (χ0v) is 15.4. The monoisotopic (exact) mass is 363 g/mol. The Balaban J connectivity index is 1.33. The van der Waals surface area contributed by atoms with E-state index >= 15 is 0 Å². The van der Waals surface area contributed by atoms with Crippen molar-refractivity contribution < 1.29 is 4.79 Å². The van der Waals surface area contributed by atoms with Gasteiger partial charge in [-0.3, -0.25) is 9.69 Å². The number of anilines is 1. The fourth-order valence-corrected chi connectivity index (χ4v) is 4.02. The van der Waals surface area contributed by atoms with Crippen molar-refractivity contribution in [1.82, 2.24) is 19.8 Å². The largest absolute Gasteiger partial charge is 0.368 e. The second kappa shape index (κ2) is 7.88. The maximum absolute atomic E-state index is 12.6. The lowest BCUT2D eigenvalue weighted by Crippen LogP contribution is -2.39. The zero-order chi connectivity index (χ0) is 18.6. The molecule has 1 aromatic heterocycles. The van der Waals surface area contributed by atoms with Crippen LogP contribution in [0.15, 0.2) is 42.7 Å². The van der Waals surface area contributed by atoms with E-state index in [1.807, 2.05) is 4.90 Å². The fraction of sp³-hybridized carbons (Fsp3) is 0.381. The van der Waals surface area contributed by atoms with E-state index in [1.165, 1.54) is 11.1 Å². The van der Waals surface area contributed by atoms with Crippen LogP contribution < -0.4 is 5.73 Å². The van der Waals surface area contributed by atoms with Crippen molar-refractivity contribution in [2.45, 2.75) is 25.3 Å². The summed E-state index contributed by atoms with van der Waals surface area (Å²) in [4.78, 5) is 24.9. The molecule has 2 aliphatic rings. The number of rotatable bonds is 3. The van der Waals surface area contributed by atoms with Gasteiger partial charge < -0.3 is 10.6 Å². The van der Waals surface area contributed by atoms with Crippen LogP contribution >= 0.6 is 0 Å². The molecule has 1 saturated heterocycles. The summed E-state index contributed by atoms with van der Waals surface area (Å²) >= 11 is 0. The Hall–Kier alpha value is -2.73. The van der Waals surface area contributed by atoms with Gasteiger partial charge in [0.1, 0.15) is 0 Å². The minimum Gasteiger partial charge on any atom is -0.368 e. The number of hydrogen-bond donors (Lipinski definition) is 1. The van der Waals surface area contributed by atoms with Gasteiger partial charge >= 0.3 is 0 Å². The van der Waals surface area contributed by atoms with Crippen LogP contribution in [0.25, 0.3) is 6.08 Å². The molecule has 1 amide bonds. The van der Waals surface area contributed by atoms with Crippen molar-refractivity contribution in [3.05, 3.63) is 59.4 Å². The first-order valence-electron chi connectivity index (χ1n) is 9.54. The number of aromatic nitrogens is 2. The van der Waals surface area contributed by atoms with Crippen molar-refractivity contribution in [3.8, 4) is 0 Å². The number of nitrogen functional groups attached to an aromatic ring is 1. The molecular formula is C21H25N5O. The first kappa shape index (κ1) is 17.7. The van der Waals surface area contributed by atoms with Crippen molar-refractivity contribution >= 4 is 17.9 Å². The summed E-state index contributed by atoms with van der Waals surface area (Å²) in [5.41, 5.74) is 9.22. The number of carbonyl (C=O) groups is 1. The standard InChI is InChI=1S/C21H25N5O/c22-21-23-14-16(15-24-21)6-7-20(27)26-9-3-8-25(10-11-26)19-12-17-4-1-2-5-18(17)13-19/h1-2,4-7,14-15,19H,3,8-13H2,(H2,22,23,24). The minimum absolute atomic E-state index is 0.0448. The van der Waals surface area contributed by atoms with Crippen LogP contribution in [-0.2, 0) is 17.6 Å². The number of benzene rings is 1. The predicted octanol–water partition coefficient (Wildman–Crippen LogP) is 1.77. The third-order valence-corrected chi connectivity index (χ3v) is 5.50. The summed E-state index contributed by atoms with van der Waals surface area (Å²) in [6.07, 6.45) is 9.86. The van der Waals surface area contributed by atoms with Gasteiger partial charge in [0.05, 0.1) is 0 Å². The summed E-state index contributed by atoms with van der Waals surface area (Å²) in [5, 5.41) is 0. The van der Waals surface area contributed by atoms with E-state index < -0.39 is 0 Å². The SMILES string of the molecule is Nc1ncc(C=CC(=O)N2CCCN(C3Cc4ccccc4C3)CC2)cn1. The molecule has 6 heteroatoms. The Morgan fingerprint density at radius 1 is 1.04 bits per heavy atom. The number of fused-ring (bicyclic) bond motifs is 1. The summed E-state index contributed by atoms with van der Waals surface area (Å²) in [6.45, 7) is 3.56. The highest BCUT2D eigenvalue weighted by molar-refractivity contribution is 5.91. The van der Waals surface area contributed by atoms with Gasteiger partial charge in [-0.25, -0.2) is 9.97 Å². The van der Waals surface area contributed by atoms with Gasteiger partial charge in [-0.15, -0.1) is 0 Å². The number of amides is 1. The molecule has 0 saturated carbocycles. The second-order valence-electron chi connectivity index (χ2n) is 7.25. The summed E-state index contributed by atoms with van der Waals surface area (Å²) < 4.78 is 0. The van der Waals surface area contributed by atoms with Crippen molar-refractivity contribution in [3.63, 3.8) is 0 Å². The van der Waals surface area contributed by atoms with E-state index in [1.54, 1.807) is 24.5 Å². The molecule has 0 spiro atoms. The maximum atomic E-state index is 12.6. The number of carbonyl (C=O) groups excluding carboxylic acids is 1. The summed E-state index contributed by atoms with van der Waals surface area (Å²) in [5.74, 6) is 0.281. The van der Waals surface area contributed by atoms with E-state index in [-0.39, 0.29) is 11.9 Å². The fourth-order valence-electron chi connectivity index (χ4n) is 4.02. The topological polar surface area (TPSA) is 75.3 Å². The van der Waals surface area contributed by atoms with Crippen molar-refractivity contribution in [2.75, 3.05) is 31.9 Å². The van der Waals surface area contributed by atoms with E-state index in [0.717, 1.165) is 51.0 Å². The molecule has 4 rings (SSSR count). The molecule has 0 unspecified atom stereocenters. The molecule has 0 atom stereocenters. The zero-order valence-electron chi connectivity index (χ0n) is 15.4.